The summed E-state index contributed by atoms with van der Waals surface area (Å²) >= 11 is 1.15. The fourth-order valence-electron chi connectivity index (χ4n) is 2.43. The molecule has 21 heavy (non-hydrogen) atoms. The third-order valence-electron chi connectivity index (χ3n) is 3.56. The van der Waals surface area contributed by atoms with E-state index >= 15 is 0 Å². The normalized spacial score (nSPS) is 15.2. The van der Waals surface area contributed by atoms with E-state index in [9.17, 15) is 4.79 Å². The zero-order valence-corrected chi connectivity index (χ0v) is 12.3. The van der Waals surface area contributed by atoms with Gasteiger partial charge >= 0.3 is 0 Å². The maximum atomic E-state index is 12.2. The Morgan fingerprint density at radius 3 is 2.86 bits per heavy atom. The Morgan fingerprint density at radius 1 is 1.33 bits per heavy atom. The average Bonchev–Trinajstić information content (AvgIpc) is 2.97. The molecular formula is C12H17N7OS. The standard InChI is InChI=1S/C12H17N7OS/c13-15-12-10(16-17-21-12)8-19-11(20)6-9(7-14-19)18-4-2-1-3-5-18/h6-7,15H,1-5,8,13H2. The molecule has 2 aromatic heterocycles. The number of hydrogen-bond donors (Lipinski definition) is 2. The van der Waals surface area contributed by atoms with Crippen molar-refractivity contribution in [3.8, 4) is 0 Å². The van der Waals surface area contributed by atoms with Gasteiger partial charge in [0.1, 0.15) is 10.7 Å². The van der Waals surface area contributed by atoms with Crippen molar-refractivity contribution in [3.63, 3.8) is 0 Å². The summed E-state index contributed by atoms with van der Waals surface area (Å²) in [5.74, 6) is 5.37. The molecule has 0 aromatic carbocycles. The highest BCUT2D eigenvalue weighted by Gasteiger charge is 2.14. The largest absolute Gasteiger partial charge is 0.370 e. The maximum absolute atomic E-state index is 12.2. The second-order valence-electron chi connectivity index (χ2n) is 4.95. The second kappa shape index (κ2) is 6.19. The minimum Gasteiger partial charge on any atom is -0.370 e. The van der Waals surface area contributed by atoms with Crippen LogP contribution in [0.2, 0.25) is 0 Å². The van der Waals surface area contributed by atoms with Crippen molar-refractivity contribution in [2.24, 2.45) is 5.84 Å². The monoisotopic (exact) mass is 307 g/mol. The fourth-order valence-corrected chi connectivity index (χ4v) is 2.92. The molecule has 112 valence electrons. The fraction of sp³-hybridized carbons (Fsp3) is 0.500. The number of nitrogens with one attached hydrogen (secondary N) is 1. The van der Waals surface area contributed by atoms with Gasteiger partial charge in [0.15, 0.2) is 0 Å². The van der Waals surface area contributed by atoms with E-state index in [-0.39, 0.29) is 12.1 Å². The minimum absolute atomic E-state index is 0.144. The Labute approximate surface area is 125 Å². The molecule has 0 saturated carbocycles. The summed E-state index contributed by atoms with van der Waals surface area (Å²) < 4.78 is 5.17. The van der Waals surface area contributed by atoms with Gasteiger partial charge in [0.05, 0.1) is 18.4 Å². The first kappa shape index (κ1) is 14.0. The smallest absolute Gasteiger partial charge is 0.269 e. The predicted molar refractivity (Wildman–Crippen MR) is 81.4 cm³/mol. The van der Waals surface area contributed by atoms with Crippen molar-refractivity contribution >= 4 is 22.2 Å². The van der Waals surface area contributed by atoms with E-state index in [4.69, 9.17) is 5.84 Å². The molecule has 1 aliphatic heterocycles. The van der Waals surface area contributed by atoms with Crippen molar-refractivity contribution in [3.05, 3.63) is 28.3 Å². The quantitative estimate of drug-likeness (QED) is 0.623. The van der Waals surface area contributed by atoms with Crippen LogP contribution in [0.25, 0.3) is 0 Å². The molecule has 0 bridgehead atoms. The van der Waals surface area contributed by atoms with Gasteiger partial charge in [-0.05, 0) is 19.3 Å². The predicted octanol–water partition coefficient (Wildman–Crippen LogP) is 0.419. The van der Waals surface area contributed by atoms with Crippen LogP contribution in [0.5, 0.6) is 0 Å². The highest BCUT2D eigenvalue weighted by molar-refractivity contribution is 7.10. The number of rotatable bonds is 4. The third kappa shape index (κ3) is 3.03. The number of hydrazine groups is 1. The van der Waals surface area contributed by atoms with Crippen LogP contribution in [0.1, 0.15) is 25.0 Å². The van der Waals surface area contributed by atoms with Crippen LogP contribution in [0.4, 0.5) is 10.7 Å². The first-order valence-electron chi connectivity index (χ1n) is 6.88. The summed E-state index contributed by atoms with van der Waals surface area (Å²) in [5, 5.41) is 8.83. The van der Waals surface area contributed by atoms with Crippen molar-refractivity contribution in [2.45, 2.75) is 25.8 Å². The lowest BCUT2D eigenvalue weighted by Crippen LogP contribution is -2.32. The highest BCUT2D eigenvalue weighted by Crippen LogP contribution is 2.18. The van der Waals surface area contributed by atoms with E-state index in [0.29, 0.717) is 10.7 Å². The van der Waals surface area contributed by atoms with Gasteiger partial charge in [-0.2, -0.15) is 5.10 Å². The number of hydrogen-bond acceptors (Lipinski definition) is 8. The van der Waals surface area contributed by atoms with Crippen LogP contribution in [0.15, 0.2) is 17.1 Å². The van der Waals surface area contributed by atoms with Crippen molar-refractivity contribution in [1.29, 1.82) is 0 Å². The lowest BCUT2D eigenvalue weighted by atomic mass is 10.1. The summed E-state index contributed by atoms with van der Waals surface area (Å²) in [6, 6.07) is 1.63. The number of piperidine rings is 1. The van der Waals surface area contributed by atoms with E-state index in [2.05, 4.69) is 25.0 Å². The van der Waals surface area contributed by atoms with Gasteiger partial charge in [-0.15, -0.1) is 5.10 Å². The Morgan fingerprint density at radius 2 is 2.14 bits per heavy atom. The summed E-state index contributed by atoms with van der Waals surface area (Å²) in [6.45, 7) is 2.24. The van der Waals surface area contributed by atoms with Crippen LogP contribution < -0.4 is 21.7 Å². The van der Waals surface area contributed by atoms with E-state index in [1.54, 1.807) is 12.3 Å². The van der Waals surface area contributed by atoms with Crippen LogP contribution in [0.3, 0.4) is 0 Å². The molecule has 1 aliphatic rings. The highest BCUT2D eigenvalue weighted by atomic mass is 32.1. The van der Waals surface area contributed by atoms with E-state index in [1.165, 1.54) is 23.9 Å². The molecule has 1 fully saturated rings. The minimum atomic E-state index is -0.144. The molecule has 0 spiro atoms. The summed E-state index contributed by atoms with van der Waals surface area (Å²) in [6.07, 6.45) is 5.33. The molecule has 0 aliphatic carbocycles. The molecule has 3 N–H and O–H groups in total. The van der Waals surface area contributed by atoms with Crippen molar-refractivity contribution < 1.29 is 0 Å². The topological polar surface area (TPSA) is 102 Å². The Kier molecular flexibility index (Phi) is 4.11. The Balaban J connectivity index is 1.79. The van der Waals surface area contributed by atoms with Gasteiger partial charge in [-0.1, -0.05) is 4.49 Å². The third-order valence-corrected chi connectivity index (χ3v) is 4.26. The second-order valence-corrected chi connectivity index (χ2v) is 5.70. The van der Waals surface area contributed by atoms with Gasteiger partial charge in [-0.3, -0.25) is 4.79 Å². The van der Waals surface area contributed by atoms with E-state index in [1.807, 2.05) is 0 Å². The van der Waals surface area contributed by atoms with Crippen LogP contribution in [0, 0.1) is 0 Å². The van der Waals surface area contributed by atoms with E-state index < -0.39 is 0 Å². The first-order valence-corrected chi connectivity index (χ1v) is 7.65. The zero-order chi connectivity index (χ0) is 14.7. The molecule has 0 amide bonds. The lowest BCUT2D eigenvalue weighted by Gasteiger charge is -2.28. The summed E-state index contributed by atoms with van der Waals surface area (Å²) in [5.41, 5.74) is 3.88. The molecule has 9 heteroatoms. The average molecular weight is 307 g/mol. The number of nitrogen functional groups attached to an aromatic ring is 1. The molecule has 0 unspecified atom stereocenters. The Bertz CT molecular complexity index is 662. The molecule has 3 heterocycles. The SMILES string of the molecule is NNc1snnc1Cn1ncc(N2CCCCC2)cc1=O. The molecular weight excluding hydrogens is 290 g/mol. The summed E-state index contributed by atoms with van der Waals surface area (Å²) in [7, 11) is 0. The van der Waals surface area contributed by atoms with Gasteiger partial charge in [0.25, 0.3) is 5.56 Å². The van der Waals surface area contributed by atoms with Crippen molar-refractivity contribution in [2.75, 3.05) is 23.4 Å². The zero-order valence-electron chi connectivity index (χ0n) is 11.5. The lowest BCUT2D eigenvalue weighted by molar-refractivity contribution is 0.570. The molecule has 1 saturated heterocycles. The van der Waals surface area contributed by atoms with Crippen molar-refractivity contribution in [1.82, 2.24) is 19.4 Å². The van der Waals surface area contributed by atoms with Crippen LogP contribution >= 0.6 is 11.5 Å². The number of nitrogens with zero attached hydrogens (tertiary/aromatic N) is 5. The maximum Gasteiger partial charge on any atom is 0.269 e. The first-order chi connectivity index (χ1) is 10.3. The van der Waals surface area contributed by atoms with E-state index in [0.717, 1.165) is 30.3 Å². The molecule has 2 aromatic rings. The number of aromatic nitrogens is 4. The molecule has 8 nitrogen and oxygen atoms in total. The summed E-state index contributed by atoms with van der Waals surface area (Å²) in [4.78, 5) is 14.4. The molecule has 0 atom stereocenters. The van der Waals surface area contributed by atoms with Gasteiger partial charge in [-0.25, -0.2) is 10.5 Å². The molecule has 0 radical (unpaired) electrons. The number of nitrogens with two attached hydrogens (primary N) is 1. The van der Waals surface area contributed by atoms with Crippen LogP contribution in [-0.2, 0) is 6.54 Å². The number of anilines is 2. The van der Waals surface area contributed by atoms with Gasteiger partial charge in [0.2, 0.25) is 0 Å². The van der Waals surface area contributed by atoms with Crippen LogP contribution in [-0.4, -0.2) is 32.5 Å². The van der Waals surface area contributed by atoms with Gasteiger partial charge < -0.3 is 10.3 Å². The van der Waals surface area contributed by atoms with Gasteiger partial charge in [0, 0.05) is 30.7 Å². The Hall–Kier alpha value is -2.00. The molecule has 3 rings (SSSR count).